The number of benzene rings is 1. The van der Waals surface area contributed by atoms with Crippen LogP contribution in [0.5, 0.6) is 0 Å². The number of amides is 2. The number of aliphatic carboxylic acids is 1. The molecule has 3 aliphatic heterocycles. The van der Waals surface area contributed by atoms with Gasteiger partial charge in [0.2, 0.25) is 5.91 Å². The second-order valence-electron chi connectivity index (χ2n) is 9.98. The van der Waals surface area contributed by atoms with E-state index in [9.17, 15) is 22.8 Å². The predicted octanol–water partition coefficient (Wildman–Crippen LogP) is 2.69. The number of fused-ring (bicyclic) bond motifs is 2. The zero-order valence-electron chi connectivity index (χ0n) is 19.1. The Labute approximate surface area is 196 Å². The van der Waals surface area contributed by atoms with Crippen LogP contribution in [-0.2, 0) is 9.59 Å². The maximum atomic E-state index is 12.9. The molecule has 0 radical (unpaired) electrons. The van der Waals surface area contributed by atoms with E-state index < -0.39 is 12.1 Å². The van der Waals surface area contributed by atoms with E-state index >= 15 is 0 Å². The first-order valence-electron chi connectivity index (χ1n) is 11.7. The van der Waals surface area contributed by atoms with Gasteiger partial charge < -0.3 is 20.2 Å². The highest BCUT2D eigenvalue weighted by Crippen LogP contribution is 2.45. The van der Waals surface area contributed by atoms with E-state index in [2.05, 4.69) is 10.2 Å². The summed E-state index contributed by atoms with van der Waals surface area (Å²) in [6, 6.07) is 7.83. The highest BCUT2D eigenvalue weighted by molar-refractivity contribution is 5.94. The van der Waals surface area contributed by atoms with Crippen molar-refractivity contribution in [2.75, 3.05) is 32.7 Å². The van der Waals surface area contributed by atoms with Crippen molar-refractivity contribution in [3.05, 3.63) is 35.4 Å². The SMILES string of the molecule is Cc1cccc(C(=O)N2CCC3(CC2)NC(=O)[C@@H]2CN(CC4CC4)C[C@@H]23)c1.O=C(O)C(F)(F)F. The van der Waals surface area contributed by atoms with Gasteiger partial charge in [-0.1, -0.05) is 17.7 Å². The number of carbonyl (C=O) groups excluding carboxylic acids is 2. The van der Waals surface area contributed by atoms with Crippen molar-refractivity contribution >= 4 is 17.8 Å². The normalized spacial score (nSPS) is 26.0. The van der Waals surface area contributed by atoms with Crippen molar-refractivity contribution < 1.29 is 32.7 Å². The Bertz CT molecular complexity index is 955. The van der Waals surface area contributed by atoms with Crippen molar-refractivity contribution in [1.29, 1.82) is 0 Å². The lowest BCUT2D eigenvalue weighted by atomic mass is 9.75. The van der Waals surface area contributed by atoms with Gasteiger partial charge in [0.05, 0.1) is 5.92 Å². The number of carboxylic acid groups (broad SMARTS) is 1. The van der Waals surface area contributed by atoms with Gasteiger partial charge in [-0.05, 0) is 50.7 Å². The van der Waals surface area contributed by atoms with Crippen molar-refractivity contribution in [2.45, 2.75) is 44.3 Å². The molecule has 10 heteroatoms. The van der Waals surface area contributed by atoms with Crippen LogP contribution in [0.15, 0.2) is 24.3 Å². The summed E-state index contributed by atoms with van der Waals surface area (Å²) in [5, 5.41) is 10.5. The first-order chi connectivity index (χ1) is 16.0. The van der Waals surface area contributed by atoms with Crippen LogP contribution in [0.1, 0.15) is 41.6 Å². The van der Waals surface area contributed by atoms with E-state index in [1.54, 1.807) is 0 Å². The highest BCUT2D eigenvalue weighted by Gasteiger charge is 2.57. The zero-order valence-corrected chi connectivity index (χ0v) is 19.1. The highest BCUT2D eigenvalue weighted by atomic mass is 19.4. The second kappa shape index (κ2) is 9.20. The molecule has 2 atom stereocenters. The third-order valence-corrected chi connectivity index (χ3v) is 7.48. The average molecular weight is 482 g/mol. The molecule has 1 aromatic rings. The molecule has 2 N–H and O–H groups in total. The Morgan fingerprint density at radius 2 is 1.82 bits per heavy atom. The molecule has 3 saturated heterocycles. The Hall–Kier alpha value is -2.62. The Morgan fingerprint density at radius 3 is 2.38 bits per heavy atom. The second-order valence-corrected chi connectivity index (χ2v) is 9.98. The number of nitrogens with one attached hydrogen (secondary N) is 1. The zero-order chi connectivity index (χ0) is 24.7. The van der Waals surface area contributed by atoms with Crippen LogP contribution in [0.2, 0.25) is 0 Å². The van der Waals surface area contributed by atoms with Crippen molar-refractivity contribution in [3.8, 4) is 0 Å². The third kappa shape index (κ3) is 5.21. The van der Waals surface area contributed by atoms with Crippen LogP contribution in [0, 0.1) is 24.7 Å². The number of carboxylic acids is 1. The fourth-order valence-electron chi connectivity index (χ4n) is 5.52. The molecule has 0 aromatic heterocycles. The third-order valence-electron chi connectivity index (χ3n) is 7.48. The van der Waals surface area contributed by atoms with Gasteiger partial charge in [0.1, 0.15) is 0 Å². The summed E-state index contributed by atoms with van der Waals surface area (Å²) in [7, 11) is 0. The van der Waals surface area contributed by atoms with E-state index in [-0.39, 0.29) is 23.3 Å². The van der Waals surface area contributed by atoms with Crippen LogP contribution in [0.3, 0.4) is 0 Å². The lowest BCUT2D eigenvalue weighted by Crippen LogP contribution is -2.56. The molecule has 34 heavy (non-hydrogen) atoms. The van der Waals surface area contributed by atoms with Crippen LogP contribution < -0.4 is 5.32 Å². The number of halogens is 3. The summed E-state index contributed by atoms with van der Waals surface area (Å²) >= 11 is 0. The van der Waals surface area contributed by atoms with Gasteiger partial charge in [0, 0.05) is 49.7 Å². The van der Waals surface area contributed by atoms with Crippen LogP contribution >= 0.6 is 0 Å². The maximum absolute atomic E-state index is 12.9. The molecule has 0 unspecified atom stereocenters. The van der Waals surface area contributed by atoms with Crippen molar-refractivity contribution in [1.82, 2.24) is 15.1 Å². The number of likely N-dealkylation sites (tertiary alicyclic amines) is 2. The van der Waals surface area contributed by atoms with Gasteiger partial charge >= 0.3 is 12.1 Å². The largest absolute Gasteiger partial charge is 0.490 e. The van der Waals surface area contributed by atoms with E-state index in [0.717, 1.165) is 56.1 Å². The molecule has 2 amide bonds. The fourth-order valence-corrected chi connectivity index (χ4v) is 5.52. The van der Waals surface area contributed by atoms with E-state index in [4.69, 9.17) is 9.90 Å². The number of hydrogen-bond donors (Lipinski definition) is 2. The number of nitrogens with zero attached hydrogens (tertiary/aromatic N) is 2. The van der Waals surface area contributed by atoms with Crippen molar-refractivity contribution in [2.24, 2.45) is 17.8 Å². The Morgan fingerprint density at radius 1 is 1.18 bits per heavy atom. The lowest BCUT2D eigenvalue weighted by molar-refractivity contribution is -0.192. The van der Waals surface area contributed by atoms with Crippen LogP contribution in [0.25, 0.3) is 0 Å². The molecule has 3 heterocycles. The number of carbonyl (C=O) groups is 3. The molecule has 4 aliphatic rings. The lowest BCUT2D eigenvalue weighted by Gasteiger charge is -2.42. The van der Waals surface area contributed by atoms with E-state index in [1.165, 1.54) is 19.4 Å². The van der Waals surface area contributed by atoms with Gasteiger partial charge in [-0.2, -0.15) is 13.2 Å². The molecular weight excluding hydrogens is 451 g/mol. The average Bonchev–Trinajstić information content (AvgIpc) is 3.42. The summed E-state index contributed by atoms with van der Waals surface area (Å²) in [5.41, 5.74) is 1.79. The summed E-state index contributed by atoms with van der Waals surface area (Å²) in [6.07, 6.45) is -0.595. The minimum Gasteiger partial charge on any atom is -0.475 e. The van der Waals surface area contributed by atoms with Gasteiger partial charge in [-0.25, -0.2) is 4.79 Å². The van der Waals surface area contributed by atoms with Gasteiger partial charge in [0.15, 0.2) is 0 Å². The van der Waals surface area contributed by atoms with Gasteiger partial charge in [0.25, 0.3) is 5.91 Å². The van der Waals surface area contributed by atoms with Gasteiger partial charge in [-0.3, -0.25) is 9.59 Å². The number of rotatable bonds is 3. The number of aryl methyl sites for hydroxylation is 1. The minimum absolute atomic E-state index is 0.0938. The maximum Gasteiger partial charge on any atom is 0.490 e. The van der Waals surface area contributed by atoms with Crippen molar-refractivity contribution in [3.63, 3.8) is 0 Å². The summed E-state index contributed by atoms with van der Waals surface area (Å²) in [4.78, 5) is 38.9. The molecule has 1 spiro atoms. The standard InChI is InChI=1S/C22H29N3O2.C2HF3O2/c1-15-3-2-4-17(11-15)21(27)25-9-7-22(8-10-25)19-14-24(12-16-5-6-16)13-18(19)20(26)23-22;3-2(4,5)1(6)7/h2-4,11,16,18-19H,5-10,12-14H2,1H3,(H,23,26);(H,6,7)/t18-,19+;/m1./s1. The van der Waals surface area contributed by atoms with E-state index in [0.29, 0.717) is 5.92 Å². The molecule has 1 saturated carbocycles. The number of hydrogen-bond acceptors (Lipinski definition) is 4. The number of piperidine rings is 1. The van der Waals surface area contributed by atoms with Crippen LogP contribution in [0.4, 0.5) is 13.2 Å². The Balaban J connectivity index is 0.000000344. The molecule has 186 valence electrons. The minimum atomic E-state index is -5.08. The predicted molar refractivity (Wildman–Crippen MR) is 117 cm³/mol. The monoisotopic (exact) mass is 481 g/mol. The molecule has 1 aliphatic carbocycles. The molecular formula is C24H30F3N3O4. The van der Waals surface area contributed by atoms with E-state index in [1.807, 2.05) is 36.1 Å². The summed E-state index contributed by atoms with van der Waals surface area (Å²) < 4.78 is 31.7. The fraction of sp³-hybridized carbons (Fsp3) is 0.625. The first-order valence-corrected chi connectivity index (χ1v) is 11.7. The first kappa shape index (κ1) is 24.5. The molecule has 0 bridgehead atoms. The Kier molecular flexibility index (Phi) is 6.63. The molecule has 4 fully saturated rings. The quantitative estimate of drug-likeness (QED) is 0.693. The molecule has 5 rings (SSSR count). The summed E-state index contributed by atoms with van der Waals surface area (Å²) in [6.45, 7) is 6.64. The van der Waals surface area contributed by atoms with Gasteiger partial charge in [-0.15, -0.1) is 0 Å². The number of alkyl halides is 3. The van der Waals surface area contributed by atoms with Crippen LogP contribution in [-0.4, -0.2) is 77.1 Å². The smallest absolute Gasteiger partial charge is 0.475 e. The molecule has 1 aromatic carbocycles. The molecule has 7 nitrogen and oxygen atoms in total. The topological polar surface area (TPSA) is 90.0 Å². The summed E-state index contributed by atoms with van der Waals surface area (Å²) in [5.74, 6) is -0.945.